The van der Waals surface area contributed by atoms with E-state index in [1.165, 1.54) is 0 Å². The molecule has 1 aromatic carbocycles. The molecule has 0 aliphatic carbocycles. The van der Waals surface area contributed by atoms with Crippen LogP contribution in [-0.4, -0.2) is 60.4 Å². The number of hydrogen-bond donors (Lipinski definition) is 7. The fourth-order valence-electron chi connectivity index (χ4n) is 3.43. The van der Waals surface area contributed by atoms with Gasteiger partial charge >= 0.3 is 6.09 Å². The zero-order valence-corrected chi connectivity index (χ0v) is 25.7. The van der Waals surface area contributed by atoms with Gasteiger partial charge < -0.3 is 31.1 Å². The van der Waals surface area contributed by atoms with Crippen LogP contribution in [0.4, 0.5) is 10.5 Å². The van der Waals surface area contributed by atoms with E-state index in [-0.39, 0.29) is 30.3 Å². The number of benzene rings is 1. The van der Waals surface area contributed by atoms with Crippen LogP contribution in [-0.2, 0) is 25.7 Å². The number of carbonyl (C=O) groups is 4. The Hall–Kier alpha value is -3.22. The van der Waals surface area contributed by atoms with E-state index in [1.54, 1.807) is 45.0 Å². The van der Waals surface area contributed by atoms with Crippen LogP contribution in [0.15, 0.2) is 24.3 Å². The average molecular weight is 579 g/mol. The van der Waals surface area contributed by atoms with Crippen molar-refractivity contribution in [3.63, 3.8) is 0 Å². The molecule has 0 saturated carbocycles. The molecule has 0 fully saturated rings. The first kappa shape index (κ1) is 35.8. The number of hydrogen-bond acceptors (Lipinski definition) is 8. The van der Waals surface area contributed by atoms with Gasteiger partial charge in [0.15, 0.2) is 6.35 Å². The Bertz CT molecular complexity index is 999. The highest BCUT2D eigenvalue weighted by Crippen LogP contribution is 2.16. The summed E-state index contributed by atoms with van der Waals surface area (Å²) in [6.45, 7) is 15.8. The van der Waals surface area contributed by atoms with E-state index in [0.717, 1.165) is 5.56 Å². The van der Waals surface area contributed by atoms with Crippen LogP contribution in [0.2, 0.25) is 0 Å². The lowest BCUT2D eigenvalue weighted by Crippen LogP contribution is -2.56. The highest BCUT2D eigenvalue weighted by atomic mass is 16.5. The Balaban J connectivity index is 2.88. The summed E-state index contributed by atoms with van der Waals surface area (Å²) in [5.41, 5.74) is 5.79. The summed E-state index contributed by atoms with van der Waals surface area (Å²) < 4.78 is 5.24. The normalized spacial score (nSPS) is 14.0. The molecule has 0 bridgehead atoms. The van der Waals surface area contributed by atoms with Crippen molar-refractivity contribution >= 4 is 29.5 Å². The summed E-state index contributed by atoms with van der Waals surface area (Å²) in [4.78, 5) is 50.9. The van der Waals surface area contributed by atoms with Crippen LogP contribution < -0.4 is 32.3 Å². The van der Waals surface area contributed by atoms with Crippen LogP contribution in [0, 0.1) is 16.7 Å². The van der Waals surface area contributed by atoms with Crippen LogP contribution in [0.5, 0.6) is 0 Å². The molecule has 232 valence electrons. The van der Waals surface area contributed by atoms with Crippen molar-refractivity contribution in [2.45, 2.75) is 93.3 Å². The van der Waals surface area contributed by atoms with Gasteiger partial charge in [-0.05, 0) is 48.4 Å². The highest BCUT2D eigenvalue weighted by molar-refractivity contribution is 5.98. The fraction of sp³-hybridized carbons (Fsp3) is 0.655. The third-order valence-electron chi connectivity index (χ3n) is 5.93. The number of carbonyl (C=O) groups excluding carboxylic acids is 4. The van der Waals surface area contributed by atoms with Gasteiger partial charge in [-0.1, -0.05) is 67.5 Å². The van der Waals surface area contributed by atoms with Crippen molar-refractivity contribution in [2.75, 3.05) is 18.4 Å². The highest BCUT2D eigenvalue weighted by Gasteiger charge is 2.32. The molecule has 0 radical (unpaired) electrons. The summed E-state index contributed by atoms with van der Waals surface area (Å²) in [5.74, 6) is -1.41. The number of ether oxygens (including phenoxy) is 1. The molecule has 0 aromatic heterocycles. The Morgan fingerprint density at radius 1 is 0.951 bits per heavy atom. The third-order valence-corrected chi connectivity index (χ3v) is 5.93. The second kappa shape index (κ2) is 16.3. The second-order valence-electron chi connectivity index (χ2n) is 12.7. The molecule has 1 rings (SSSR count). The molecule has 0 aliphatic heterocycles. The number of nitrogens with two attached hydrogens (primary N) is 1. The number of aliphatic hydroxyl groups excluding tert-OH is 1. The van der Waals surface area contributed by atoms with Gasteiger partial charge in [0.05, 0.1) is 0 Å². The standard InChI is InChI=1S/C29H50N6O6/c1-18(2)22(35-25(38)29(6,7)8)24(37)34-21(10-9-15-31-26(30)39)23(36)33-20-13-11-19(12-14-20)16-41-27(40)32-17-28(3,4)5/h11-14,18,21-22,26,31,39H,9-10,15-17,30H2,1-8H3,(H,32,40)(H,33,36)(H,34,37)(H,35,38). The minimum atomic E-state index is -1.19. The molecular weight excluding hydrogens is 528 g/mol. The van der Waals surface area contributed by atoms with Crippen molar-refractivity contribution < 1.29 is 29.0 Å². The number of anilines is 1. The smallest absolute Gasteiger partial charge is 0.407 e. The third kappa shape index (κ3) is 14.8. The fourth-order valence-corrected chi connectivity index (χ4v) is 3.43. The quantitative estimate of drug-likeness (QED) is 0.129. The second-order valence-corrected chi connectivity index (χ2v) is 12.7. The SMILES string of the molecule is CC(C)C(NC(=O)C(C)(C)C)C(=O)NC(CCCNC(N)O)C(=O)Nc1ccc(COC(=O)NCC(C)(C)C)cc1. The molecule has 0 saturated heterocycles. The molecule has 41 heavy (non-hydrogen) atoms. The van der Waals surface area contributed by atoms with Crippen molar-refractivity contribution in [3.8, 4) is 0 Å². The van der Waals surface area contributed by atoms with Gasteiger partial charge in [0.25, 0.3) is 0 Å². The maximum atomic E-state index is 13.2. The van der Waals surface area contributed by atoms with Gasteiger partial charge in [-0.3, -0.25) is 25.4 Å². The Kier molecular flexibility index (Phi) is 14.2. The van der Waals surface area contributed by atoms with Gasteiger partial charge in [0, 0.05) is 17.6 Å². The number of amides is 4. The largest absolute Gasteiger partial charge is 0.445 e. The van der Waals surface area contributed by atoms with E-state index in [2.05, 4.69) is 26.6 Å². The van der Waals surface area contributed by atoms with Gasteiger partial charge in [-0.15, -0.1) is 0 Å². The molecule has 8 N–H and O–H groups in total. The lowest BCUT2D eigenvalue weighted by Gasteiger charge is -2.28. The summed E-state index contributed by atoms with van der Waals surface area (Å²) in [7, 11) is 0. The average Bonchev–Trinajstić information content (AvgIpc) is 2.85. The molecule has 3 unspecified atom stereocenters. The minimum Gasteiger partial charge on any atom is -0.445 e. The van der Waals surface area contributed by atoms with E-state index in [4.69, 9.17) is 10.5 Å². The number of alkyl carbamates (subject to hydrolysis) is 1. The molecule has 3 atom stereocenters. The maximum absolute atomic E-state index is 13.2. The van der Waals surface area contributed by atoms with Gasteiger partial charge in [0.2, 0.25) is 17.7 Å². The number of aliphatic hydroxyl groups is 1. The summed E-state index contributed by atoms with van der Waals surface area (Å²) in [6.07, 6.45) is -1.01. The zero-order valence-electron chi connectivity index (χ0n) is 25.7. The molecule has 0 heterocycles. The predicted molar refractivity (Wildman–Crippen MR) is 158 cm³/mol. The molecule has 0 aliphatic rings. The molecule has 0 spiro atoms. The van der Waals surface area contributed by atoms with Crippen molar-refractivity contribution in [3.05, 3.63) is 29.8 Å². The van der Waals surface area contributed by atoms with E-state index < -0.39 is 41.8 Å². The Labute approximate surface area is 243 Å². The lowest BCUT2D eigenvalue weighted by atomic mass is 9.93. The zero-order chi connectivity index (χ0) is 31.4. The van der Waals surface area contributed by atoms with Crippen LogP contribution in [0.3, 0.4) is 0 Å². The van der Waals surface area contributed by atoms with Crippen molar-refractivity contribution in [1.29, 1.82) is 0 Å². The number of nitrogens with one attached hydrogen (secondary N) is 5. The van der Waals surface area contributed by atoms with Gasteiger partial charge in [-0.25, -0.2) is 4.79 Å². The Morgan fingerprint density at radius 2 is 1.56 bits per heavy atom. The van der Waals surface area contributed by atoms with Crippen LogP contribution in [0.25, 0.3) is 0 Å². The van der Waals surface area contributed by atoms with Gasteiger partial charge in [0.1, 0.15) is 18.7 Å². The first-order valence-electron chi connectivity index (χ1n) is 14.0. The first-order chi connectivity index (χ1) is 18.9. The molecule has 4 amide bonds. The van der Waals surface area contributed by atoms with Crippen molar-refractivity contribution in [1.82, 2.24) is 21.3 Å². The molecular formula is C29H50N6O6. The Morgan fingerprint density at radius 3 is 2.07 bits per heavy atom. The molecule has 12 nitrogen and oxygen atoms in total. The van der Waals surface area contributed by atoms with E-state index >= 15 is 0 Å². The predicted octanol–water partition coefficient (Wildman–Crippen LogP) is 2.17. The summed E-state index contributed by atoms with van der Waals surface area (Å²) >= 11 is 0. The minimum absolute atomic E-state index is 0.0611. The maximum Gasteiger partial charge on any atom is 0.407 e. The topological polar surface area (TPSA) is 184 Å². The van der Waals surface area contributed by atoms with Gasteiger partial charge in [-0.2, -0.15) is 0 Å². The lowest BCUT2D eigenvalue weighted by molar-refractivity contribution is -0.135. The van der Waals surface area contributed by atoms with Crippen LogP contribution in [0.1, 0.15) is 73.8 Å². The molecule has 12 heteroatoms. The number of rotatable bonds is 14. The summed E-state index contributed by atoms with van der Waals surface area (Å²) in [5, 5.41) is 23.0. The summed E-state index contributed by atoms with van der Waals surface area (Å²) in [6, 6.07) is 5.06. The first-order valence-corrected chi connectivity index (χ1v) is 14.0. The molecule has 1 aromatic rings. The van der Waals surface area contributed by atoms with E-state index in [9.17, 15) is 24.3 Å². The van der Waals surface area contributed by atoms with Crippen molar-refractivity contribution in [2.24, 2.45) is 22.5 Å². The van der Waals surface area contributed by atoms with E-state index in [1.807, 2.05) is 34.6 Å². The van der Waals surface area contributed by atoms with Crippen LogP contribution >= 0.6 is 0 Å². The monoisotopic (exact) mass is 578 g/mol. The van der Waals surface area contributed by atoms with E-state index in [0.29, 0.717) is 25.2 Å².